The van der Waals surface area contributed by atoms with Crippen LogP contribution < -0.4 is 15.8 Å². The van der Waals surface area contributed by atoms with Gasteiger partial charge < -0.3 is 10.4 Å². The summed E-state index contributed by atoms with van der Waals surface area (Å²) in [6.45, 7) is 0. The van der Waals surface area contributed by atoms with E-state index in [1.807, 2.05) is 30.3 Å². The maximum Gasteiger partial charge on any atom is 0.372 e. The zero-order valence-electron chi connectivity index (χ0n) is 11.4. The minimum absolute atomic E-state index is 0.0736. The Labute approximate surface area is 137 Å². The second-order valence-electron chi connectivity index (χ2n) is 4.44. The standard InChI is InChI=1S/C15H13Cl2N3O2/c16-12-7-6-11(9-13(12)17)18-15(22)20-19-14(21)8-10-4-2-1-3-5-10/h1-7,9H,8H2,(H,19,21)(H2,18,20,22)/p+1. The highest BCUT2D eigenvalue weighted by Gasteiger charge is 2.08. The Morgan fingerprint density at radius 3 is 2.50 bits per heavy atom. The van der Waals surface area contributed by atoms with Crippen LogP contribution in [-0.4, -0.2) is 17.0 Å². The minimum atomic E-state index is -0.544. The summed E-state index contributed by atoms with van der Waals surface area (Å²) in [7, 11) is 0. The highest BCUT2D eigenvalue weighted by atomic mass is 35.5. The molecule has 22 heavy (non-hydrogen) atoms. The Balaban J connectivity index is 1.88. The number of nitrogens with one attached hydrogen (secondary N) is 3. The van der Waals surface area contributed by atoms with Crippen LogP contribution in [-0.2, 0) is 6.42 Å². The summed E-state index contributed by atoms with van der Waals surface area (Å²) in [6, 6.07) is 13.5. The summed E-state index contributed by atoms with van der Waals surface area (Å²) in [5.41, 5.74) is 3.72. The monoisotopic (exact) mass is 338 g/mol. The van der Waals surface area contributed by atoms with Gasteiger partial charge in [0.1, 0.15) is 0 Å². The van der Waals surface area contributed by atoms with E-state index in [1.54, 1.807) is 12.1 Å². The first-order valence-electron chi connectivity index (χ1n) is 6.41. The molecule has 0 bridgehead atoms. The van der Waals surface area contributed by atoms with E-state index >= 15 is 0 Å². The van der Waals surface area contributed by atoms with Crippen LogP contribution in [0, 0.1) is 0 Å². The number of hydrazone groups is 1. The molecular formula is C15H14Cl2N3O2+. The van der Waals surface area contributed by atoms with Crippen LogP contribution in [0.15, 0.2) is 48.5 Å². The Kier molecular flexibility index (Phi) is 5.63. The predicted molar refractivity (Wildman–Crippen MR) is 87.4 cm³/mol. The lowest BCUT2D eigenvalue weighted by Crippen LogP contribution is -2.85. The number of rotatable bonds is 4. The van der Waals surface area contributed by atoms with Gasteiger partial charge in [-0.05, 0) is 23.8 Å². The maximum atomic E-state index is 11.7. The van der Waals surface area contributed by atoms with Crippen LogP contribution in [0.25, 0.3) is 0 Å². The molecule has 0 fully saturated rings. The number of carbonyl (C=O) groups excluding carboxylic acids is 1. The number of hydrazine groups is 1. The predicted octanol–water partition coefficient (Wildman–Crippen LogP) is 2.31. The lowest BCUT2D eigenvalue weighted by molar-refractivity contribution is -0.517. The zero-order valence-corrected chi connectivity index (χ0v) is 12.9. The number of urea groups is 1. The molecule has 0 aliphatic rings. The molecule has 0 spiro atoms. The smallest absolute Gasteiger partial charge is 0.372 e. The lowest BCUT2D eigenvalue weighted by Gasteiger charge is -2.03. The van der Waals surface area contributed by atoms with Crippen molar-refractivity contribution in [2.24, 2.45) is 0 Å². The van der Waals surface area contributed by atoms with Gasteiger partial charge in [-0.25, -0.2) is 4.79 Å². The van der Waals surface area contributed by atoms with E-state index in [0.29, 0.717) is 15.7 Å². The van der Waals surface area contributed by atoms with E-state index in [-0.39, 0.29) is 12.3 Å². The van der Waals surface area contributed by atoms with Gasteiger partial charge in [0.2, 0.25) is 0 Å². The Morgan fingerprint density at radius 1 is 1.09 bits per heavy atom. The van der Waals surface area contributed by atoms with Crippen molar-refractivity contribution in [2.75, 3.05) is 5.32 Å². The van der Waals surface area contributed by atoms with Crippen molar-refractivity contribution in [3.63, 3.8) is 0 Å². The van der Waals surface area contributed by atoms with E-state index in [4.69, 9.17) is 23.2 Å². The first-order chi connectivity index (χ1) is 10.5. The van der Waals surface area contributed by atoms with Gasteiger partial charge >= 0.3 is 11.9 Å². The third-order valence-corrected chi connectivity index (χ3v) is 3.45. The second kappa shape index (κ2) is 7.68. The molecule has 0 heterocycles. The summed E-state index contributed by atoms with van der Waals surface area (Å²) < 4.78 is 0. The van der Waals surface area contributed by atoms with Crippen molar-refractivity contribution in [3.8, 4) is 0 Å². The third-order valence-electron chi connectivity index (χ3n) is 2.71. The summed E-state index contributed by atoms with van der Waals surface area (Å²) in [6.07, 6.45) is 0.286. The molecule has 114 valence electrons. The van der Waals surface area contributed by atoms with Gasteiger partial charge in [0.05, 0.1) is 16.5 Å². The van der Waals surface area contributed by atoms with E-state index in [1.165, 1.54) is 6.07 Å². The molecule has 7 heteroatoms. The van der Waals surface area contributed by atoms with Gasteiger partial charge in [0, 0.05) is 5.69 Å². The molecule has 2 rings (SSSR count). The fourth-order valence-electron chi connectivity index (χ4n) is 1.70. The fourth-order valence-corrected chi connectivity index (χ4v) is 2.00. The van der Waals surface area contributed by atoms with Crippen molar-refractivity contribution in [1.82, 2.24) is 5.43 Å². The first kappa shape index (κ1) is 16.1. The number of anilines is 1. The van der Waals surface area contributed by atoms with E-state index in [0.717, 1.165) is 5.56 Å². The molecule has 4 N–H and O–H groups in total. The molecule has 5 nitrogen and oxygen atoms in total. The van der Waals surface area contributed by atoms with Crippen LogP contribution in [0.5, 0.6) is 0 Å². The Bertz CT molecular complexity index is 690. The summed E-state index contributed by atoms with van der Waals surface area (Å²) >= 11 is 11.6. The second-order valence-corrected chi connectivity index (χ2v) is 5.26. The number of aliphatic hydroxyl groups excluding tert-OH is 1. The summed E-state index contributed by atoms with van der Waals surface area (Å²) in [5.74, 6) is -0.0736. The molecule has 0 aliphatic heterocycles. The number of aliphatic hydroxyl groups is 1. The van der Waals surface area contributed by atoms with Crippen molar-refractivity contribution in [2.45, 2.75) is 6.42 Å². The zero-order chi connectivity index (χ0) is 15.9. The molecule has 0 aromatic heterocycles. The largest absolute Gasteiger partial charge is 0.461 e. The topological polar surface area (TPSA) is 75.3 Å². The third kappa shape index (κ3) is 4.95. The highest BCUT2D eigenvalue weighted by Crippen LogP contribution is 2.24. The van der Waals surface area contributed by atoms with Gasteiger partial charge in [-0.1, -0.05) is 58.6 Å². The summed E-state index contributed by atoms with van der Waals surface area (Å²) in [5, 5.41) is 15.4. The molecule has 0 unspecified atom stereocenters. The van der Waals surface area contributed by atoms with Gasteiger partial charge in [-0.15, -0.1) is 5.43 Å². The normalized spacial score (nSPS) is 11.1. The van der Waals surface area contributed by atoms with Crippen molar-refractivity contribution >= 4 is 40.8 Å². The molecular weight excluding hydrogens is 325 g/mol. The maximum absolute atomic E-state index is 11.7. The molecule has 0 radical (unpaired) electrons. The van der Waals surface area contributed by atoms with E-state index < -0.39 is 6.03 Å². The molecule has 2 amide bonds. The first-order valence-corrected chi connectivity index (χ1v) is 7.17. The highest BCUT2D eigenvalue weighted by molar-refractivity contribution is 6.42. The SMILES string of the molecule is O=C(N/[NH+]=C(\O)Cc1ccccc1)Nc1ccc(Cl)c(Cl)c1. The molecule has 2 aromatic carbocycles. The number of carbonyl (C=O) groups is 1. The van der Waals surface area contributed by atoms with Crippen molar-refractivity contribution in [3.05, 3.63) is 64.1 Å². The number of hydrogen-bond acceptors (Lipinski definition) is 1. The fraction of sp³-hybridized carbons (Fsp3) is 0.0667. The van der Waals surface area contributed by atoms with E-state index in [2.05, 4.69) is 15.8 Å². The Morgan fingerprint density at radius 2 is 1.82 bits per heavy atom. The van der Waals surface area contributed by atoms with Crippen LogP contribution >= 0.6 is 23.2 Å². The van der Waals surface area contributed by atoms with Crippen LogP contribution in [0.3, 0.4) is 0 Å². The summed E-state index contributed by atoms with van der Waals surface area (Å²) in [4.78, 5) is 11.7. The minimum Gasteiger partial charge on any atom is -0.461 e. The van der Waals surface area contributed by atoms with Gasteiger partial charge in [-0.2, -0.15) is 0 Å². The van der Waals surface area contributed by atoms with Crippen LogP contribution in [0.2, 0.25) is 10.0 Å². The molecule has 0 saturated carbocycles. The molecule has 0 atom stereocenters. The van der Waals surface area contributed by atoms with E-state index in [9.17, 15) is 9.90 Å². The molecule has 0 saturated heterocycles. The Hall–Kier alpha value is -2.24. The van der Waals surface area contributed by atoms with Crippen molar-refractivity contribution in [1.29, 1.82) is 0 Å². The number of halogens is 2. The van der Waals surface area contributed by atoms with Gasteiger partial charge in [0.15, 0.2) is 0 Å². The van der Waals surface area contributed by atoms with Gasteiger partial charge in [0.25, 0.3) is 0 Å². The number of hydrogen-bond donors (Lipinski definition) is 4. The average Bonchev–Trinajstić information content (AvgIpc) is 2.50. The number of benzene rings is 2. The van der Waals surface area contributed by atoms with Gasteiger partial charge in [-0.3, -0.25) is 0 Å². The number of amides is 2. The van der Waals surface area contributed by atoms with Crippen molar-refractivity contribution < 1.29 is 15.0 Å². The lowest BCUT2D eigenvalue weighted by atomic mass is 10.1. The molecule has 2 aromatic rings. The quantitative estimate of drug-likeness (QED) is 0.392. The molecule has 0 aliphatic carbocycles. The van der Waals surface area contributed by atoms with Crippen LogP contribution in [0.4, 0.5) is 10.5 Å². The average molecular weight is 339 g/mol. The van der Waals surface area contributed by atoms with Crippen LogP contribution in [0.1, 0.15) is 5.56 Å².